The first-order chi connectivity index (χ1) is 8.04. The molecule has 0 aliphatic heterocycles. The normalized spacial score (nSPS) is 11.6. The van der Waals surface area contributed by atoms with Gasteiger partial charge in [0.1, 0.15) is 17.5 Å². The Bertz CT molecular complexity index is 421. The van der Waals surface area contributed by atoms with Gasteiger partial charge in [0.15, 0.2) is 0 Å². The number of oxime groups is 1. The summed E-state index contributed by atoms with van der Waals surface area (Å²) in [7, 11) is 0. The number of aryl methyl sites for hydroxylation is 1. The molecule has 4 nitrogen and oxygen atoms in total. The summed E-state index contributed by atoms with van der Waals surface area (Å²) in [5.74, 6) is -0.833. The van der Waals surface area contributed by atoms with E-state index in [1.807, 2.05) is 0 Å². The van der Waals surface area contributed by atoms with E-state index in [0.29, 0.717) is 19.4 Å². The maximum atomic E-state index is 13.4. The van der Waals surface area contributed by atoms with E-state index in [0.717, 1.165) is 12.1 Å². The monoisotopic (exact) mass is 243 g/mol. The molecule has 1 rings (SSSR count). The molecule has 0 saturated carbocycles. The Morgan fingerprint density at radius 1 is 1.41 bits per heavy atom. The van der Waals surface area contributed by atoms with Gasteiger partial charge in [-0.25, -0.2) is 8.78 Å². The van der Waals surface area contributed by atoms with E-state index in [-0.39, 0.29) is 17.1 Å². The summed E-state index contributed by atoms with van der Waals surface area (Å²) in [5, 5.41) is 13.9. The molecule has 0 aliphatic carbocycles. The number of amidine groups is 1. The first kappa shape index (κ1) is 13.2. The molecule has 0 unspecified atom stereocenters. The van der Waals surface area contributed by atoms with Crippen LogP contribution in [0.5, 0.6) is 0 Å². The molecule has 0 spiro atoms. The molecule has 0 atom stereocenters. The standard InChI is InChI=1S/C11H15F2N3O/c1-7-5-9(13)10(6-8(7)12)15-4-2-3-11(14)16-17/h5-6,15,17H,2-4H2,1H3,(H2,14,16). The lowest BCUT2D eigenvalue weighted by Crippen LogP contribution is -2.13. The smallest absolute Gasteiger partial charge is 0.146 e. The minimum atomic E-state index is -0.493. The van der Waals surface area contributed by atoms with Crippen molar-refractivity contribution in [2.75, 3.05) is 11.9 Å². The number of nitrogens with two attached hydrogens (primary N) is 1. The highest BCUT2D eigenvalue weighted by atomic mass is 19.1. The molecular weight excluding hydrogens is 228 g/mol. The van der Waals surface area contributed by atoms with Gasteiger partial charge in [0.25, 0.3) is 0 Å². The van der Waals surface area contributed by atoms with Crippen molar-refractivity contribution in [3.8, 4) is 0 Å². The fraction of sp³-hybridized carbons (Fsp3) is 0.364. The Morgan fingerprint density at radius 3 is 2.76 bits per heavy atom. The van der Waals surface area contributed by atoms with Crippen molar-refractivity contribution >= 4 is 11.5 Å². The lowest BCUT2D eigenvalue weighted by Gasteiger charge is -2.08. The van der Waals surface area contributed by atoms with Crippen LogP contribution in [0.3, 0.4) is 0 Å². The molecule has 0 bridgehead atoms. The topological polar surface area (TPSA) is 70.6 Å². The second-order valence-electron chi connectivity index (χ2n) is 3.70. The van der Waals surface area contributed by atoms with E-state index in [2.05, 4.69) is 10.5 Å². The highest BCUT2D eigenvalue weighted by Crippen LogP contribution is 2.18. The van der Waals surface area contributed by atoms with Crippen molar-refractivity contribution < 1.29 is 14.0 Å². The molecule has 94 valence electrons. The Kier molecular flexibility index (Phi) is 4.68. The Labute approximate surface area is 98.1 Å². The molecular formula is C11H15F2N3O. The molecule has 0 aromatic heterocycles. The van der Waals surface area contributed by atoms with E-state index in [1.54, 1.807) is 0 Å². The first-order valence-corrected chi connectivity index (χ1v) is 5.20. The molecule has 0 radical (unpaired) electrons. The zero-order valence-corrected chi connectivity index (χ0v) is 9.50. The van der Waals surface area contributed by atoms with Gasteiger partial charge in [-0.15, -0.1) is 0 Å². The number of nitrogens with one attached hydrogen (secondary N) is 1. The van der Waals surface area contributed by atoms with Gasteiger partial charge in [-0.3, -0.25) is 0 Å². The third kappa shape index (κ3) is 3.90. The van der Waals surface area contributed by atoms with Crippen molar-refractivity contribution in [3.05, 3.63) is 29.3 Å². The SMILES string of the molecule is Cc1cc(F)c(NCCC/C(N)=N/O)cc1F. The third-order valence-corrected chi connectivity index (χ3v) is 2.30. The van der Waals surface area contributed by atoms with E-state index in [9.17, 15) is 8.78 Å². The van der Waals surface area contributed by atoms with Crippen molar-refractivity contribution in [1.82, 2.24) is 0 Å². The zero-order valence-electron chi connectivity index (χ0n) is 9.50. The average molecular weight is 243 g/mol. The highest BCUT2D eigenvalue weighted by Gasteiger charge is 2.06. The van der Waals surface area contributed by atoms with Gasteiger partial charge in [0.05, 0.1) is 5.69 Å². The molecule has 17 heavy (non-hydrogen) atoms. The van der Waals surface area contributed by atoms with Crippen LogP contribution in [-0.4, -0.2) is 17.6 Å². The number of hydrogen-bond acceptors (Lipinski definition) is 3. The number of benzene rings is 1. The zero-order chi connectivity index (χ0) is 12.8. The highest BCUT2D eigenvalue weighted by molar-refractivity contribution is 5.79. The fourth-order valence-corrected chi connectivity index (χ4v) is 1.32. The van der Waals surface area contributed by atoms with Crippen molar-refractivity contribution in [2.45, 2.75) is 19.8 Å². The third-order valence-electron chi connectivity index (χ3n) is 2.30. The van der Waals surface area contributed by atoms with Gasteiger partial charge in [0, 0.05) is 19.0 Å². The number of rotatable bonds is 5. The minimum Gasteiger partial charge on any atom is -0.409 e. The number of anilines is 1. The molecule has 4 N–H and O–H groups in total. The van der Waals surface area contributed by atoms with Gasteiger partial charge in [-0.05, 0) is 25.0 Å². The molecule has 0 amide bonds. The fourth-order valence-electron chi connectivity index (χ4n) is 1.32. The molecule has 1 aromatic carbocycles. The van der Waals surface area contributed by atoms with Gasteiger partial charge in [0.2, 0.25) is 0 Å². The summed E-state index contributed by atoms with van der Waals surface area (Å²) < 4.78 is 26.5. The van der Waals surface area contributed by atoms with Crippen LogP contribution in [0.25, 0.3) is 0 Å². The Balaban J connectivity index is 2.50. The minimum absolute atomic E-state index is 0.113. The predicted molar refractivity (Wildman–Crippen MR) is 62.2 cm³/mol. The summed E-state index contributed by atoms with van der Waals surface area (Å²) in [6.07, 6.45) is 0.949. The van der Waals surface area contributed by atoms with Crippen LogP contribution in [0.4, 0.5) is 14.5 Å². The van der Waals surface area contributed by atoms with Crippen LogP contribution in [0.15, 0.2) is 17.3 Å². The summed E-state index contributed by atoms with van der Waals surface area (Å²) >= 11 is 0. The average Bonchev–Trinajstić information content (AvgIpc) is 2.30. The lowest BCUT2D eigenvalue weighted by molar-refractivity contribution is 0.316. The quantitative estimate of drug-likeness (QED) is 0.244. The molecule has 0 fully saturated rings. The molecule has 0 heterocycles. The summed E-state index contributed by atoms with van der Waals surface area (Å²) in [6, 6.07) is 2.26. The van der Waals surface area contributed by atoms with Gasteiger partial charge >= 0.3 is 0 Å². The molecule has 0 saturated heterocycles. The Morgan fingerprint density at radius 2 is 2.12 bits per heavy atom. The van der Waals surface area contributed by atoms with Gasteiger partial charge in [-0.2, -0.15) is 0 Å². The second kappa shape index (κ2) is 6.03. The maximum Gasteiger partial charge on any atom is 0.146 e. The summed E-state index contributed by atoms with van der Waals surface area (Å²) in [5.41, 5.74) is 5.65. The van der Waals surface area contributed by atoms with Crippen LogP contribution in [0.1, 0.15) is 18.4 Å². The van der Waals surface area contributed by atoms with E-state index in [4.69, 9.17) is 10.9 Å². The first-order valence-electron chi connectivity index (χ1n) is 5.20. The second-order valence-corrected chi connectivity index (χ2v) is 3.70. The van der Waals surface area contributed by atoms with Crippen LogP contribution >= 0.6 is 0 Å². The van der Waals surface area contributed by atoms with E-state index >= 15 is 0 Å². The van der Waals surface area contributed by atoms with Crippen molar-refractivity contribution in [2.24, 2.45) is 10.9 Å². The number of nitrogens with zero attached hydrogens (tertiary/aromatic N) is 1. The van der Waals surface area contributed by atoms with Crippen molar-refractivity contribution in [3.63, 3.8) is 0 Å². The maximum absolute atomic E-state index is 13.4. The molecule has 6 heteroatoms. The Hall–Kier alpha value is -1.85. The lowest BCUT2D eigenvalue weighted by atomic mass is 10.2. The summed E-state index contributed by atoms with van der Waals surface area (Å²) in [6.45, 7) is 1.91. The van der Waals surface area contributed by atoms with Crippen LogP contribution < -0.4 is 11.1 Å². The van der Waals surface area contributed by atoms with Crippen molar-refractivity contribution in [1.29, 1.82) is 0 Å². The van der Waals surface area contributed by atoms with Gasteiger partial charge in [-0.1, -0.05) is 5.16 Å². The van der Waals surface area contributed by atoms with Crippen LogP contribution in [0, 0.1) is 18.6 Å². The largest absolute Gasteiger partial charge is 0.409 e. The number of halogens is 2. The number of hydrogen-bond donors (Lipinski definition) is 3. The van der Waals surface area contributed by atoms with Crippen LogP contribution in [-0.2, 0) is 0 Å². The molecule has 0 aliphatic rings. The van der Waals surface area contributed by atoms with E-state index < -0.39 is 11.6 Å². The predicted octanol–water partition coefficient (Wildman–Crippen LogP) is 2.21. The summed E-state index contributed by atoms with van der Waals surface area (Å²) in [4.78, 5) is 0. The van der Waals surface area contributed by atoms with Crippen LogP contribution in [0.2, 0.25) is 0 Å². The van der Waals surface area contributed by atoms with Gasteiger partial charge < -0.3 is 16.3 Å². The molecule has 1 aromatic rings. The van der Waals surface area contributed by atoms with E-state index in [1.165, 1.54) is 6.92 Å².